The minimum absolute atomic E-state index is 0.0538. The van der Waals surface area contributed by atoms with Crippen molar-refractivity contribution in [2.24, 2.45) is 0 Å². The molecule has 2 aromatic rings. The third-order valence-corrected chi connectivity index (χ3v) is 5.53. The molecule has 12 heteroatoms. The highest BCUT2D eigenvalue weighted by molar-refractivity contribution is 5.90. The second-order valence-electron chi connectivity index (χ2n) is 7.75. The molecule has 3 heterocycles. The van der Waals surface area contributed by atoms with Crippen LogP contribution in [0.2, 0.25) is 0 Å². The number of nitrogens with one attached hydrogen (secondary N) is 1. The predicted molar refractivity (Wildman–Crippen MR) is 109 cm³/mol. The first-order valence-electron chi connectivity index (χ1n) is 10.1. The summed E-state index contributed by atoms with van der Waals surface area (Å²) in [5, 5.41) is 10.0. The average molecular weight is 448 g/mol. The lowest BCUT2D eigenvalue weighted by Crippen LogP contribution is -2.43. The third kappa shape index (κ3) is 4.39. The molecule has 2 aliphatic rings. The molecular weight excluding hydrogens is 426 g/mol. The zero-order valence-corrected chi connectivity index (χ0v) is 17.3. The second kappa shape index (κ2) is 8.89. The van der Waals surface area contributed by atoms with Gasteiger partial charge >= 0.3 is 6.09 Å². The van der Waals surface area contributed by atoms with E-state index in [1.165, 1.54) is 34.8 Å². The number of rotatable bonds is 6. The molecule has 4 rings (SSSR count). The Labute approximate surface area is 182 Å². The second-order valence-corrected chi connectivity index (χ2v) is 7.75. The van der Waals surface area contributed by atoms with Crippen LogP contribution >= 0.6 is 0 Å². The Bertz CT molecular complexity index is 1030. The molecule has 0 aliphatic carbocycles. The summed E-state index contributed by atoms with van der Waals surface area (Å²) in [4.78, 5) is 36.8. The third-order valence-electron chi connectivity index (χ3n) is 5.53. The van der Waals surface area contributed by atoms with E-state index in [1.807, 2.05) is 0 Å². The van der Waals surface area contributed by atoms with E-state index in [-0.39, 0.29) is 36.9 Å². The molecule has 10 nitrogen and oxygen atoms in total. The van der Waals surface area contributed by atoms with Gasteiger partial charge in [0.15, 0.2) is 6.29 Å². The van der Waals surface area contributed by atoms with Gasteiger partial charge in [0, 0.05) is 13.5 Å². The number of cyclic esters (lactones) is 1. The molecular formula is C20H22F2N6O4. The molecule has 2 saturated heterocycles. The van der Waals surface area contributed by atoms with Crippen molar-refractivity contribution in [3.05, 3.63) is 35.9 Å². The number of aldehydes is 1. The summed E-state index contributed by atoms with van der Waals surface area (Å²) < 4.78 is 36.3. The number of piperidine rings is 1. The van der Waals surface area contributed by atoms with E-state index in [2.05, 4.69) is 15.6 Å². The number of aromatic nitrogens is 3. The van der Waals surface area contributed by atoms with Crippen molar-refractivity contribution in [1.82, 2.24) is 20.3 Å². The zero-order valence-electron chi connectivity index (χ0n) is 17.3. The molecule has 0 bridgehead atoms. The number of nitrogens with zero attached hydrogens (tertiary/aromatic N) is 5. The topological polar surface area (TPSA) is 110 Å². The molecule has 0 spiro atoms. The van der Waals surface area contributed by atoms with E-state index in [0.717, 1.165) is 0 Å². The first-order valence-corrected chi connectivity index (χ1v) is 10.1. The van der Waals surface area contributed by atoms with Crippen LogP contribution in [0.3, 0.4) is 0 Å². The minimum atomic E-state index is -1.34. The molecule has 1 aromatic heterocycles. The van der Waals surface area contributed by atoms with Gasteiger partial charge in [0.1, 0.15) is 23.8 Å². The highest BCUT2D eigenvalue weighted by atomic mass is 19.1. The first kappa shape index (κ1) is 21.7. The predicted octanol–water partition coefficient (Wildman–Crippen LogP) is 1.48. The Morgan fingerprint density at radius 3 is 2.84 bits per heavy atom. The molecule has 2 amide bonds. The Balaban J connectivity index is 1.42. The van der Waals surface area contributed by atoms with Crippen molar-refractivity contribution in [1.29, 1.82) is 0 Å². The lowest BCUT2D eigenvalue weighted by molar-refractivity contribution is -0.119. The molecule has 3 atom stereocenters. The summed E-state index contributed by atoms with van der Waals surface area (Å²) in [6.07, 6.45) is -0.207. The van der Waals surface area contributed by atoms with Crippen molar-refractivity contribution in [2.75, 3.05) is 36.0 Å². The van der Waals surface area contributed by atoms with Gasteiger partial charge in [-0.3, -0.25) is 14.5 Å². The van der Waals surface area contributed by atoms with Crippen LogP contribution in [0.25, 0.3) is 0 Å². The van der Waals surface area contributed by atoms with Crippen molar-refractivity contribution in [2.45, 2.75) is 31.7 Å². The Morgan fingerprint density at radius 1 is 1.38 bits per heavy atom. The van der Waals surface area contributed by atoms with Gasteiger partial charge in [-0.05, 0) is 24.6 Å². The molecule has 1 aromatic carbocycles. The molecule has 2 fully saturated rings. The lowest BCUT2D eigenvalue weighted by Gasteiger charge is -2.36. The van der Waals surface area contributed by atoms with Crippen molar-refractivity contribution in [3.63, 3.8) is 0 Å². The highest BCUT2D eigenvalue weighted by Gasteiger charge is 2.35. The molecule has 32 heavy (non-hydrogen) atoms. The number of benzene rings is 1. The summed E-state index contributed by atoms with van der Waals surface area (Å²) in [5.41, 5.74) is 0.669. The molecule has 0 saturated carbocycles. The van der Waals surface area contributed by atoms with E-state index in [1.54, 1.807) is 11.0 Å². The summed E-state index contributed by atoms with van der Waals surface area (Å²) in [6.45, 7) is 2.04. The van der Waals surface area contributed by atoms with Crippen molar-refractivity contribution < 1.29 is 27.9 Å². The number of hydrogen-bond acceptors (Lipinski definition) is 7. The number of carbonyl (C=O) groups is 3. The van der Waals surface area contributed by atoms with Gasteiger partial charge in [-0.2, -0.15) is 0 Å². The van der Waals surface area contributed by atoms with Crippen LogP contribution in [0, 0.1) is 5.82 Å². The SMILES string of the molecule is CC(=O)NC[C@H]1CN(c2ccc(N3CCC(n4cc(C=O)nn4)C(F)C3)c(F)c2)C(=O)O1. The molecule has 2 aliphatic heterocycles. The van der Waals surface area contributed by atoms with Crippen LogP contribution in [0.15, 0.2) is 24.4 Å². The van der Waals surface area contributed by atoms with E-state index in [9.17, 15) is 23.2 Å². The summed E-state index contributed by atoms with van der Waals surface area (Å²) in [7, 11) is 0. The van der Waals surface area contributed by atoms with Crippen LogP contribution < -0.4 is 15.1 Å². The fourth-order valence-corrected chi connectivity index (χ4v) is 3.93. The van der Waals surface area contributed by atoms with Gasteiger partial charge in [0.2, 0.25) is 5.91 Å². The number of ether oxygens (including phenoxy) is 1. The standard InChI is InChI=1S/C20H22F2N6O4/c1-12(30)23-7-15-9-27(20(31)32-15)14-2-3-18(16(21)6-14)26-5-4-19(17(22)10-26)28-8-13(11-29)24-25-28/h2-3,6,8,11,15,17,19H,4-5,7,9-10H2,1H3,(H,23,30)/t15-,17?,19?/m0/s1. The fourth-order valence-electron chi connectivity index (χ4n) is 3.93. The number of anilines is 2. The maximum atomic E-state index is 14.9. The van der Waals surface area contributed by atoms with Crippen LogP contribution in [0.1, 0.15) is 29.9 Å². The summed E-state index contributed by atoms with van der Waals surface area (Å²) in [6, 6.07) is 3.71. The average Bonchev–Trinajstić information content (AvgIpc) is 3.38. The maximum absolute atomic E-state index is 14.9. The van der Waals surface area contributed by atoms with Crippen LogP contribution in [-0.2, 0) is 9.53 Å². The normalized spacial score (nSPS) is 23.2. The fraction of sp³-hybridized carbons (Fsp3) is 0.450. The number of carbonyl (C=O) groups excluding carboxylic acids is 3. The summed E-state index contributed by atoms with van der Waals surface area (Å²) >= 11 is 0. The van der Waals surface area contributed by atoms with Crippen molar-refractivity contribution in [3.8, 4) is 0 Å². The molecule has 170 valence electrons. The number of halogens is 2. The van der Waals surface area contributed by atoms with Gasteiger partial charge in [0.05, 0.1) is 43.2 Å². The monoisotopic (exact) mass is 448 g/mol. The van der Waals surface area contributed by atoms with Crippen molar-refractivity contribution >= 4 is 29.7 Å². The van der Waals surface area contributed by atoms with E-state index < -0.39 is 30.2 Å². The number of alkyl halides is 1. The molecule has 1 N–H and O–H groups in total. The van der Waals surface area contributed by atoms with E-state index >= 15 is 0 Å². The van der Waals surface area contributed by atoms with E-state index in [0.29, 0.717) is 24.9 Å². The maximum Gasteiger partial charge on any atom is 0.414 e. The van der Waals surface area contributed by atoms with Gasteiger partial charge < -0.3 is 15.0 Å². The van der Waals surface area contributed by atoms with Crippen LogP contribution in [0.5, 0.6) is 0 Å². The largest absolute Gasteiger partial charge is 0.442 e. The van der Waals surface area contributed by atoms with Gasteiger partial charge in [-0.25, -0.2) is 18.3 Å². The Hall–Kier alpha value is -3.57. The summed E-state index contributed by atoms with van der Waals surface area (Å²) in [5.74, 6) is -0.826. The highest BCUT2D eigenvalue weighted by Crippen LogP contribution is 2.32. The Morgan fingerprint density at radius 2 is 2.19 bits per heavy atom. The minimum Gasteiger partial charge on any atom is -0.442 e. The van der Waals surface area contributed by atoms with Crippen LogP contribution in [0.4, 0.5) is 25.0 Å². The van der Waals surface area contributed by atoms with Gasteiger partial charge in [0.25, 0.3) is 0 Å². The van der Waals surface area contributed by atoms with Gasteiger partial charge in [-0.15, -0.1) is 5.10 Å². The van der Waals surface area contributed by atoms with Gasteiger partial charge in [-0.1, -0.05) is 5.21 Å². The first-order chi connectivity index (χ1) is 15.4. The molecule has 2 unspecified atom stereocenters. The quantitative estimate of drug-likeness (QED) is 0.667. The molecule has 0 radical (unpaired) electrons. The number of hydrogen-bond donors (Lipinski definition) is 1. The van der Waals surface area contributed by atoms with E-state index in [4.69, 9.17) is 4.74 Å². The lowest BCUT2D eigenvalue weighted by atomic mass is 10.0. The van der Waals surface area contributed by atoms with Crippen LogP contribution in [-0.4, -0.2) is 71.7 Å². The number of amides is 2. The Kier molecular flexibility index (Phi) is 6.01. The zero-order chi connectivity index (χ0) is 22.8. The smallest absolute Gasteiger partial charge is 0.414 e.